The zero-order valence-electron chi connectivity index (χ0n) is 14.9. The quantitative estimate of drug-likeness (QED) is 0.721. The summed E-state index contributed by atoms with van der Waals surface area (Å²) in [5, 5.41) is 11.9. The Hall–Kier alpha value is -2.80. The molecule has 3 rings (SSSR count). The number of nitrogens with zero attached hydrogens (tertiary/aromatic N) is 4. The van der Waals surface area contributed by atoms with Crippen molar-refractivity contribution < 1.29 is 9.53 Å². The van der Waals surface area contributed by atoms with E-state index < -0.39 is 0 Å². The zero-order valence-corrected chi connectivity index (χ0v) is 15.6. The van der Waals surface area contributed by atoms with Crippen molar-refractivity contribution in [3.05, 3.63) is 64.2 Å². The third-order valence-electron chi connectivity index (χ3n) is 4.00. The van der Waals surface area contributed by atoms with Crippen LogP contribution in [0.3, 0.4) is 0 Å². The molecule has 0 fully saturated rings. The Balaban J connectivity index is 1.57. The van der Waals surface area contributed by atoms with Crippen LogP contribution in [-0.4, -0.2) is 25.5 Å². The molecular formula is C18H20ClN5O2. The molecule has 0 bridgehead atoms. The number of aromatic nitrogens is 4. The van der Waals surface area contributed by atoms with Gasteiger partial charge in [-0.1, -0.05) is 11.6 Å². The molecule has 0 unspecified atom stereocenters. The fourth-order valence-electron chi connectivity index (χ4n) is 2.52. The molecule has 136 valence electrons. The van der Waals surface area contributed by atoms with Gasteiger partial charge in [-0.2, -0.15) is 10.2 Å². The minimum atomic E-state index is -0.247. The highest BCUT2D eigenvalue weighted by molar-refractivity contribution is 6.32. The highest BCUT2D eigenvalue weighted by Crippen LogP contribution is 2.25. The average Bonchev–Trinajstić information content (AvgIpc) is 3.24. The van der Waals surface area contributed by atoms with Gasteiger partial charge in [0.15, 0.2) is 6.73 Å². The minimum absolute atomic E-state index is 0.204. The molecule has 26 heavy (non-hydrogen) atoms. The largest absolute Gasteiger partial charge is 0.471 e. The van der Waals surface area contributed by atoms with Crippen molar-refractivity contribution in [3.63, 3.8) is 0 Å². The van der Waals surface area contributed by atoms with Gasteiger partial charge in [0.2, 0.25) is 0 Å². The second-order valence-corrected chi connectivity index (χ2v) is 6.39. The van der Waals surface area contributed by atoms with E-state index in [4.69, 9.17) is 16.3 Å². The molecule has 0 aliphatic carbocycles. The predicted octanol–water partition coefficient (Wildman–Crippen LogP) is 2.85. The SMILES string of the molecule is Cc1cc(OCn2ccc(C(=O)NCc3ccnn3C)n2)cc(C)c1Cl. The minimum Gasteiger partial charge on any atom is -0.471 e. The first-order valence-electron chi connectivity index (χ1n) is 8.12. The molecule has 0 saturated carbocycles. The Morgan fingerprint density at radius 2 is 2.00 bits per heavy atom. The van der Waals surface area contributed by atoms with Gasteiger partial charge in [-0.05, 0) is 49.2 Å². The number of benzene rings is 1. The van der Waals surface area contributed by atoms with Crippen molar-refractivity contribution in [3.8, 4) is 5.75 Å². The summed E-state index contributed by atoms with van der Waals surface area (Å²) in [6, 6.07) is 7.25. The Bertz CT molecular complexity index is 908. The van der Waals surface area contributed by atoms with E-state index in [-0.39, 0.29) is 12.6 Å². The highest BCUT2D eigenvalue weighted by atomic mass is 35.5. The number of amides is 1. The normalized spacial score (nSPS) is 10.8. The van der Waals surface area contributed by atoms with Gasteiger partial charge in [0, 0.05) is 24.5 Å². The van der Waals surface area contributed by atoms with E-state index in [9.17, 15) is 4.79 Å². The molecule has 0 aliphatic rings. The summed E-state index contributed by atoms with van der Waals surface area (Å²) in [4.78, 5) is 12.2. The van der Waals surface area contributed by atoms with Crippen LogP contribution in [0.1, 0.15) is 27.3 Å². The van der Waals surface area contributed by atoms with Gasteiger partial charge >= 0.3 is 0 Å². The maximum Gasteiger partial charge on any atom is 0.272 e. The van der Waals surface area contributed by atoms with Crippen LogP contribution in [0.25, 0.3) is 0 Å². The average molecular weight is 374 g/mol. The van der Waals surface area contributed by atoms with Crippen LogP contribution in [0.15, 0.2) is 36.7 Å². The van der Waals surface area contributed by atoms with Gasteiger partial charge in [0.05, 0.1) is 12.2 Å². The number of ether oxygens (including phenoxy) is 1. The smallest absolute Gasteiger partial charge is 0.272 e. The molecular weight excluding hydrogens is 354 g/mol. The molecule has 1 amide bonds. The summed E-state index contributed by atoms with van der Waals surface area (Å²) in [6.45, 7) is 4.46. The van der Waals surface area contributed by atoms with E-state index >= 15 is 0 Å². The van der Waals surface area contributed by atoms with E-state index in [1.54, 1.807) is 27.8 Å². The van der Waals surface area contributed by atoms with E-state index in [0.29, 0.717) is 18.0 Å². The molecule has 0 radical (unpaired) electrons. The lowest BCUT2D eigenvalue weighted by molar-refractivity contribution is 0.0943. The van der Waals surface area contributed by atoms with Crippen molar-refractivity contribution >= 4 is 17.5 Å². The fourth-order valence-corrected chi connectivity index (χ4v) is 2.63. The van der Waals surface area contributed by atoms with Crippen LogP contribution < -0.4 is 10.1 Å². The van der Waals surface area contributed by atoms with Crippen LogP contribution in [-0.2, 0) is 20.3 Å². The van der Waals surface area contributed by atoms with Crippen LogP contribution in [0, 0.1) is 13.8 Å². The van der Waals surface area contributed by atoms with Crippen molar-refractivity contribution in [2.24, 2.45) is 7.05 Å². The Labute approximate surface area is 156 Å². The van der Waals surface area contributed by atoms with Crippen LogP contribution in [0.5, 0.6) is 5.75 Å². The van der Waals surface area contributed by atoms with Gasteiger partial charge in [0.25, 0.3) is 5.91 Å². The van der Waals surface area contributed by atoms with Crippen molar-refractivity contribution in [2.45, 2.75) is 27.1 Å². The van der Waals surface area contributed by atoms with E-state index in [0.717, 1.165) is 21.8 Å². The fraction of sp³-hybridized carbons (Fsp3) is 0.278. The van der Waals surface area contributed by atoms with Gasteiger partial charge < -0.3 is 10.1 Å². The predicted molar refractivity (Wildman–Crippen MR) is 98.2 cm³/mol. The number of hydrogen-bond acceptors (Lipinski definition) is 4. The van der Waals surface area contributed by atoms with Crippen LogP contribution >= 0.6 is 11.6 Å². The van der Waals surface area contributed by atoms with E-state index in [2.05, 4.69) is 15.5 Å². The molecule has 0 saturated heterocycles. The number of carbonyl (C=O) groups excluding carboxylic acids is 1. The molecule has 3 aromatic rings. The number of nitrogens with one attached hydrogen (secondary N) is 1. The lowest BCUT2D eigenvalue weighted by atomic mass is 10.1. The third-order valence-corrected chi connectivity index (χ3v) is 4.60. The lowest BCUT2D eigenvalue weighted by Gasteiger charge is -2.10. The van der Waals surface area contributed by atoms with Crippen molar-refractivity contribution in [1.82, 2.24) is 24.9 Å². The maximum absolute atomic E-state index is 12.2. The summed E-state index contributed by atoms with van der Waals surface area (Å²) >= 11 is 6.16. The molecule has 1 N–H and O–H groups in total. The lowest BCUT2D eigenvalue weighted by Crippen LogP contribution is -2.24. The highest BCUT2D eigenvalue weighted by Gasteiger charge is 2.11. The van der Waals surface area contributed by atoms with Gasteiger partial charge in [0.1, 0.15) is 11.4 Å². The topological polar surface area (TPSA) is 74.0 Å². The van der Waals surface area contributed by atoms with E-state index in [1.165, 1.54) is 0 Å². The number of rotatable bonds is 6. The van der Waals surface area contributed by atoms with Gasteiger partial charge in [-0.3, -0.25) is 9.48 Å². The van der Waals surface area contributed by atoms with Crippen molar-refractivity contribution in [1.29, 1.82) is 0 Å². The number of aryl methyl sites for hydroxylation is 3. The molecule has 1 aromatic carbocycles. The van der Waals surface area contributed by atoms with E-state index in [1.807, 2.05) is 39.1 Å². The van der Waals surface area contributed by atoms with Gasteiger partial charge in [-0.25, -0.2) is 4.68 Å². The zero-order chi connectivity index (χ0) is 18.7. The van der Waals surface area contributed by atoms with Crippen LogP contribution in [0.2, 0.25) is 5.02 Å². The summed E-state index contributed by atoms with van der Waals surface area (Å²) in [5.74, 6) is 0.463. The Kier molecular flexibility index (Phi) is 5.27. The molecule has 0 spiro atoms. The van der Waals surface area contributed by atoms with Crippen molar-refractivity contribution in [2.75, 3.05) is 0 Å². The third kappa shape index (κ3) is 4.05. The molecule has 7 nitrogen and oxygen atoms in total. The first kappa shape index (κ1) is 18.0. The van der Waals surface area contributed by atoms with Crippen LogP contribution in [0.4, 0.5) is 0 Å². The summed E-state index contributed by atoms with van der Waals surface area (Å²) in [7, 11) is 1.83. The molecule has 8 heteroatoms. The summed E-state index contributed by atoms with van der Waals surface area (Å²) < 4.78 is 9.01. The number of carbonyl (C=O) groups is 1. The monoisotopic (exact) mass is 373 g/mol. The first-order valence-corrected chi connectivity index (χ1v) is 8.50. The molecule has 2 aromatic heterocycles. The Morgan fingerprint density at radius 1 is 1.27 bits per heavy atom. The standard InChI is InChI=1S/C18H20ClN5O2/c1-12-8-15(9-13(2)17(12)19)26-11-24-7-5-16(22-24)18(25)20-10-14-4-6-21-23(14)3/h4-9H,10-11H2,1-3H3,(H,20,25). The van der Waals surface area contributed by atoms with Gasteiger partial charge in [-0.15, -0.1) is 0 Å². The summed E-state index contributed by atoms with van der Waals surface area (Å²) in [6.07, 6.45) is 3.39. The second-order valence-electron chi connectivity index (χ2n) is 6.01. The number of halogens is 1. The summed E-state index contributed by atoms with van der Waals surface area (Å²) in [5.41, 5.74) is 3.16. The maximum atomic E-state index is 12.2. The number of hydrogen-bond donors (Lipinski definition) is 1. The first-order chi connectivity index (χ1) is 12.4. The second kappa shape index (κ2) is 7.61. The molecule has 0 atom stereocenters. The molecule has 0 aliphatic heterocycles. The molecule has 2 heterocycles. The Morgan fingerprint density at radius 3 is 2.65 bits per heavy atom.